The second kappa shape index (κ2) is 8.81. The summed E-state index contributed by atoms with van der Waals surface area (Å²) >= 11 is 0. The van der Waals surface area contributed by atoms with Crippen LogP contribution in [0, 0.1) is 0 Å². The zero-order valence-electron chi connectivity index (χ0n) is 17.3. The van der Waals surface area contributed by atoms with Crippen molar-refractivity contribution in [1.29, 1.82) is 0 Å². The second-order valence-corrected chi connectivity index (χ2v) is 7.55. The first-order valence-corrected chi connectivity index (χ1v) is 10.3. The zero-order chi connectivity index (χ0) is 21.8. The van der Waals surface area contributed by atoms with E-state index in [2.05, 4.69) is 60.7 Å². The van der Waals surface area contributed by atoms with Gasteiger partial charge in [-0.25, -0.2) is 9.67 Å². The van der Waals surface area contributed by atoms with E-state index in [0.29, 0.717) is 13.0 Å². The first-order valence-electron chi connectivity index (χ1n) is 10.3. The Kier molecular flexibility index (Phi) is 5.40. The van der Waals surface area contributed by atoms with Crippen LogP contribution in [0.1, 0.15) is 16.7 Å². The standard InChI is InChI=1S/C24H21N7O/c32-24(13-18-9-11-21(12-10-18)31-17-27-28-29-31)25-14-19-5-7-20(8-6-19)15-30-16-26-22-3-1-2-4-23(22)30/h1-12,16-17H,13-15H2,(H,25,32). The monoisotopic (exact) mass is 423 g/mol. The minimum Gasteiger partial charge on any atom is -0.352 e. The molecule has 1 N–H and O–H groups in total. The minimum atomic E-state index is -0.0193. The molecule has 32 heavy (non-hydrogen) atoms. The molecule has 0 atom stereocenters. The Labute approximate surface area is 184 Å². The fraction of sp³-hybridized carbons (Fsp3) is 0.125. The Morgan fingerprint density at radius 3 is 2.38 bits per heavy atom. The number of aromatic nitrogens is 6. The number of fused-ring (bicyclic) bond motifs is 1. The van der Waals surface area contributed by atoms with Gasteiger partial charge in [0.15, 0.2) is 0 Å². The van der Waals surface area contributed by atoms with Crippen LogP contribution in [0.5, 0.6) is 0 Å². The van der Waals surface area contributed by atoms with Crippen molar-refractivity contribution in [2.75, 3.05) is 0 Å². The Morgan fingerprint density at radius 2 is 1.59 bits per heavy atom. The molecule has 2 heterocycles. The lowest BCUT2D eigenvalue weighted by molar-refractivity contribution is -0.120. The van der Waals surface area contributed by atoms with Gasteiger partial charge in [-0.15, -0.1) is 5.10 Å². The van der Waals surface area contributed by atoms with Gasteiger partial charge in [0.05, 0.1) is 29.5 Å². The van der Waals surface area contributed by atoms with Crippen molar-refractivity contribution in [3.63, 3.8) is 0 Å². The summed E-state index contributed by atoms with van der Waals surface area (Å²) < 4.78 is 3.71. The lowest BCUT2D eigenvalue weighted by Crippen LogP contribution is -2.24. The van der Waals surface area contributed by atoms with Crippen LogP contribution in [0.15, 0.2) is 85.5 Å². The van der Waals surface area contributed by atoms with Gasteiger partial charge in [0, 0.05) is 13.1 Å². The van der Waals surface area contributed by atoms with Gasteiger partial charge >= 0.3 is 0 Å². The maximum Gasteiger partial charge on any atom is 0.224 e. The first-order chi connectivity index (χ1) is 15.7. The summed E-state index contributed by atoms with van der Waals surface area (Å²) in [6.45, 7) is 1.25. The molecule has 8 heteroatoms. The average Bonchev–Trinajstić information content (AvgIpc) is 3.50. The molecule has 0 aliphatic carbocycles. The molecule has 0 aliphatic rings. The van der Waals surface area contributed by atoms with Crippen LogP contribution in [0.3, 0.4) is 0 Å². The number of benzene rings is 3. The Balaban J connectivity index is 1.14. The molecule has 0 aliphatic heterocycles. The molecular weight excluding hydrogens is 402 g/mol. The molecule has 1 amide bonds. The molecule has 0 bridgehead atoms. The molecule has 0 unspecified atom stereocenters. The smallest absolute Gasteiger partial charge is 0.224 e. The fourth-order valence-corrected chi connectivity index (χ4v) is 3.59. The Morgan fingerprint density at radius 1 is 0.844 bits per heavy atom. The van der Waals surface area contributed by atoms with Gasteiger partial charge in [-0.1, -0.05) is 48.5 Å². The van der Waals surface area contributed by atoms with E-state index in [1.54, 1.807) is 4.68 Å². The predicted molar refractivity (Wildman–Crippen MR) is 120 cm³/mol. The maximum atomic E-state index is 12.3. The number of hydrogen-bond donors (Lipinski definition) is 1. The quantitative estimate of drug-likeness (QED) is 0.435. The number of carbonyl (C=O) groups is 1. The highest BCUT2D eigenvalue weighted by molar-refractivity contribution is 5.78. The third-order valence-electron chi connectivity index (χ3n) is 5.31. The van der Waals surface area contributed by atoms with Crippen LogP contribution in [0.25, 0.3) is 16.7 Å². The van der Waals surface area contributed by atoms with Crippen molar-refractivity contribution >= 4 is 16.9 Å². The van der Waals surface area contributed by atoms with E-state index in [0.717, 1.165) is 34.4 Å². The molecule has 158 valence electrons. The summed E-state index contributed by atoms with van der Waals surface area (Å²) in [5.74, 6) is -0.0193. The van der Waals surface area contributed by atoms with Crippen LogP contribution in [-0.2, 0) is 24.3 Å². The number of amides is 1. The lowest BCUT2D eigenvalue weighted by atomic mass is 10.1. The predicted octanol–water partition coefficient (Wildman–Crippen LogP) is 2.92. The molecule has 3 aromatic carbocycles. The number of nitrogens with one attached hydrogen (secondary N) is 1. The molecule has 0 saturated carbocycles. The number of tetrazole rings is 1. The van der Waals surface area contributed by atoms with Crippen molar-refractivity contribution < 1.29 is 4.79 Å². The summed E-state index contributed by atoms with van der Waals surface area (Å²) in [4.78, 5) is 16.8. The third-order valence-corrected chi connectivity index (χ3v) is 5.31. The molecule has 8 nitrogen and oxygen atoms in total. The Bertz CT molecular complexity index is 1320. The number of rotatable bonds is 7. The van der Waals surface area contributed by atoms with Gasteiger partial charge in [0.25, 0.3) is 0 Å². The van der Waals surface area contributed by atoms with E-state index < -0.39 is 0 Å². The summed E-state index contributed by atoms with van der Waals surface area (Å²) in [7, 11) is 0. The lowest BCUT2D eigenvalue weighted by Gasteiger charge is -2.08. The normalized spacial score (nSPS) is 11.0. The molecule has 5 aromatic rings. The summed E-state index contributed by atoms with van der Waals surface area (Å²) in [6, 6.07) is 24.0. The number of carbonyl (C=O) groups excluding carboxylic acids is 1. The number of para-hydroxylation sites is 2. The molecule has 5 rings (SSSR count). The average molecular weight is 423 g/mol. The third kappa shape index (κ3) is 4.39. The van der Waals surface area contributed by atoms with Gasteiger partial charge < -0.3 is 9.88 Å². The van der Waals surface area contributed by atoms with Gasteiger partial charge in [-0.2, -0.15) is 0 Å². The van der Waals surface area contributed by atoms with Crippen molar-refractivity contribution in [1.82, 2.24) is 35.1 Å². The molecule has 0 radical (unpaired) electrons. The number of nitrogens with zero attached hydrogens (tertiary/aromatic N) is 6. The SMILES string of the molecule is O=C(Cc1ccc(-n2cnnn2)cc1)NCc1ccc(Cn2cnc3ccccc32)cc1. The van der Waals surface area contributed by atoms with E-state index >= 15 is 0 Å². The summed E-state index contributed by atoms with van der Waals surface area (Å²) in [5.41, 5.74) is 6.15. The van der Waals surface area contributed by atoms with E-state index in [4.69, 9.17) is 0 Å². The van der Waals surface area contributed by atoms with Crippen LogP contribution in [0.4, 0.5) is 0 Å². The number of imidazole rings is 1. The summed E-state index contributed by atoms with van der Waals surface area (Å²) in [5, 5.41) is 14.1. The van der Waals surface area contributed by atoms with Crippen LogP contribution >= 0.6 is 0 Å². The van der Waals surface area contributed by atoms with Gasteiger partial charge in [0.2, 0.25) is 5.91 Å². The van der Waals surface area contributed by atoms with Gasteiger partial charge in [-0.05, 0) is 51.4 Å². The second-order valence-electron chi connectivity index (χ2n) is 7.55. The highest BCUT2D eigenvalue weighted by atomic mass is 16.1. The molecular formula is C24H21N7O. The van der Waals surface area contributed by atoms with Crippen molar-refractivity contribution in [2.45, 2.75) is 19.5 Å². The Hall–Kier alpha value is -4.33. The van der Waals surface area contributed by atoms with E-state index in [-0.39, 0.29) is 5.91 Å². The van der Waals surface area contributed by atoms with Crippen LogP contribution in [-0.4, -0.2) is 35.7 Å². The highest BCUT2D eigenvalue weighted by Gasteiger charge is 2.06. The van der Waals surface area contributed by atoms with Crippen molar-refractivity contribution in [3.05, 3.63) is 102 Å². The highest BCUT2D eigenvalue weighted by Crippen LogP contribution is 2.15. The summed E-state index contributed by atoms with van der Waals surface area (Å²) in [6.07, 6.45) is 3.72. The molecule has 0 fully saturated rings. The van der Waals surface area contributed by atoms with Crippen LogP contribution < -0.4 is 5.32 Å². The molecule has 0 saturated heterocycles. The van der Waals surface area contributed by atoms with Crippen molar-refractivity contribution in [3.8, 4) is 5.69 Å². The largest absolute Gasteiger partial charge is 0.352 e. The minimum absolute atomic E-state index is 0.0193. The van der Waals surface area contributed by atoms with Gasteiger partial charge in [-0.3, -0.25) is 4.79 Å². The fourth-order valence-electron chi connectivity index (χ4n) is 3.59. The topological polar surface area (TPSA) is 90.5 Å². The molecule has 2 aromatic heterocycles. The van der Waals surface area contributed by atoms with E-state index in [1.165, 1.54) is 11.9 Å². The van der Waals surface area contributed by atoms with E-state index in [9.17, 15) is 4.79 Å². The number of hydrogen-bond acceptors (Lipinski definition) is 5. The van der Waals surface area contributed by atoms with Crippen molar-refractivity contribution in [2.24, 2.45) is 0 Å². The maximum absolute atomic E-state index is 12.3. The molecule has 0 spiro atoms. The first kappa shape index (κ1) is 19.6. The van der Waals surface area contributed by atoms with Gasteiger partial charge in [0.1, 0.15) is 6.33 Å². The zero-order valence-corrected chi connectivity index (χ0v) is 17.3. The van der Waals surface area contributed by atoms with E-state index in [1.807, 2.05) is 48.8 Å². The van der Waals surface area contributed by atoms with Crippen LogP contribution in [0.2, 0.25) is 0 Å².